The molecule has 3 N–H and O–H groups in total. The molecule has 2 amide bonds. The number of benzene rings is 1. The van der Waals surface area contributed by atoms with Crippen molar-refractivity contribution in [2.45, 2.75) is 27.2 Å². The van der Waals surface area contributed by atoms with Gasteiger partial charge in [0.05, 0.1) is 12.1 Å². The first-order valence-electron chi connectivity index (χ1n) is 8.25. The summed E-state index contributed by atoms with van der Waals surface area (Å²) in [6, 6.07) is 4.90. The van der Waals surface area contributed by atoms with Crippen molar-refractivity contribution in [3.63, 3.8) is 0 Å². The number of hydrogen-bond acceptors (Lipinski definition) is 6. The third-order valence-electron chi connectivity index (χ3n) is 3.48. The van der Waals surface area contributed by atoms with Gasteiger partial charge in [0.25, 0.3) is 0 Å². The minimum atomic E-state index is -1.06. The van der Waals surface area contributed by atoms with E-state index in [2.05, 4.69) is 15.6 Å². The molecule has 0 fully saturated rings. The minimum absolute atomic E-state index is 0.0742. The summed E-state index contributed by atoms with van der Waals surface area (Å²) in [5.74, 6) is -1.16. The highest BCUT2D eigenvalue weighted by atomic mass is 32.1. The monoisotopic (exact) mass is 391 g/mol. The Kier molecular flexibility index (Phi) is 6.89. The summed E-state index contributed by atoms with van der Waals surface area (Å²) >= 11 is 1.27. The third kappa shape index (κ3) is 6.37. The van der Waals surface area contributed by atoms with E-state index in [0.29, 0.717) is 22.3 Å². The van der Waals surface area contributed by atoms with E-state index >= 15 is 0 Å². The third-order valence-corrected chi connectivity index (χ3v) is 4.29. The van der Waals surface area contributed by atoms with Gasteiger partial charge < -0.3 is 20.5 Å². The van der Waals surface area contributed by atoms with Crippen molar-refractivity contribution in [2.75, 3.05) is 17.2 Å². The fourth-order valence-corrected chi connectivity index (χ4v) is 2.78. The Bertz CT molecular complexity index is 847. The van der Waals surface area contributed by atoms with Crippen molar-refractivity contribution in [2.24, 2.45) is 5.92 Å². The fourth-order valence-electron chi connectivity index (χ4n) is 2.07. The molecule has 2 rings (SSSR count). The van der Waals surface area contributed by atoms with Gasteiger partial charge in [-0.3, -0.25) is 9.59 Å². The zero-order valence-corrected chi connectivity index (χ0v) is 16.1. The Morgan fingerprint density at radius 2 is 2.00 bits per heavy atom. The molecule has 27 heavy (non-hydrogen) atoms. The highest BCUT2D eigenvalue weighted by Crippen LogP contribution is 2.22. The molecule has 1 aromatic heterocycles. The summed E-state index contributed by atoms with van der Waals surface area (Å²) in [6.45, 7) is 4.94. The molecule has 1 heterocycles. The molecule has 0 saturated carbocycles. The molecule has 0 aliphatic heterocycles. The van der Waals surface area contributed by atoms with Crippen LogP contribution in [0.1, 0.15) is 25.1 Å². The summed E-state index contributed by atoms with van der Waals surface area (Å²) in [5.41, 5.74) is 1.91. The number of thiazole rings is 1. The lowest BCUT2D eigenvalue weighted by atomic mass is 10.2. The van der Waals surface area contributed by atoms with Gasteiger partial charge in [0.2, 0.25) is 11.8 Å². The molecule has 0 radical (unpaired) electrons. The number of carbonyl (C=O) groups is 3. The summed E-state index contributed by atoms with van der Waals surface area (Å²) in [5, 5.41) is 16.3. The maximum atomic E-state index is 12.2. The van der Waals surface area contributed by atoms with Gasteiger partial charge in [0.15, 0.2) is 11.7 Å². The van der Waals surface area contributed by atoms with Gasteiger partial charge in [-0.2, -0.15) is 0 Å². The van der Waals surface area contributed by atoms with Crippen molar-refractivity contribution in [3.8, 4) is 5.75 Å². The molecule has 0 spiro atoms. The zero-order chi connectivity index (χ0) is 20.0. The molecule has 2 aromatic rings. The van der Waals surface area contributed by atoms with E-state index in [1.807, 2.05) is 0 Å². The topological polar surface area (TPSA) is 118 Å². The van der Waals surface area contributed by atoms with Crippen LogP contribution in [0.4, 0.5) is 10.8 Å². The largest absolute Gasteiger partial charge is 0.482 e. The number of amides is 2. The number of carboxylic acids is 1. The van der Waals surface area contributed by atoms with Crippen LogP contribution in [0.5, 0.6) is 5.75 Å². The van der Waals surface area contributed by atoms with Crippen LogP contribution < -0.4 is 15.4 Å². The lowest BCUT2D eigenvalue weighted by Crippen LogP contribution is -2.18. The molecular weight excluding hydrogens is 370 g/mol. The number of aliphatic carboxylic acids is 1. The highest BCUT2D eigenvalue weighted by Gasteiger charge is 2.13. The second-order valence-corrected chi connectivity index (χ2v) is 7.03. The highest BCUT2D eigenvalue weighted by molar-refractivity contribution is 7.13. The lowest BCUT2D eigenvalue weighted by molar-refractivity contribution is -0.139. The second kappa shape index (κ2) is 9.13. The van der Waals surface area contributed by atoms with Gasteiger partial charge in [0, 0.05) is 17.0 Å². The molecule has 0 atom stereocenters. The minimum Gasteiger partial charge on any atom is -0.482 e. The number of aromatic nitrogens is 1. The van der Waals surface area contributed by atoms with Crippen LogP contribution in [0.25, 0.3) is 0 Å². The molecule has 0 aliphatic rings. The Hall–Kier alpha value is -2.94. The Morgan fingerprint density at radius 3 is 2.63 bits per heavy atom. The molecule has 144 valence electrons. The molecule has 0 saturated heterocycles. The number of anilines is 2. The molecule has 8 nitrogen and oxygen atoms in total. The SMILES string of the molecule is Cc1cc(OCC(=O)O)ccc1NC(=O)Cc1csc(NC(=O)C(C)C)n1. The fraction of sp³-hybridized carbons (Fsp3) is 0.333. The quantitative estimate of drug-likeness (QED) is 0.637. The number of nitrogens with one attached hydrogen (secondary N) is 2. The molecule has 1 aromatic carbocycles. The number of ether oxygens (including phenoxy) is 1. The number of hydrogen-bond donors (Lipinski definition) is 3. The van der Waals surface area contributed by atoms with Gasteiger partial charge >= 0.3 is 5.97 Å². The summed E-state index contributed by atoms with van der Waals surface area (Å²) in [7, 11) is 0. The Balaban J connectivity index is 1.93. The first-order valence-corrected chi connectivity index (χ1v) is 9.13. The average Bonchev–Trinajstić information content (AvgIpc) is 3.01. The van der Waals surface area contributed by atoms with Crippen LogP contribution in [0, 0.1) is 12.8 Å². The first kappa shape index (κ1) is 20.4. The standard InChI is InChI=1S/C18H21N3O5S/c1-10(2)17(25)21-18-19-12(9-27-18)7-15(22)20-14-5-4-13(6-11(14)3)26-8-16(23)24/h4-6,9-10H,7-8H2,1-3H3,(H,20,22)(H,23,24)(H,19,21,25). The Morgan fingerprint density at radius 1 is 1.26 bits per heavy atom. The number of carbonyl (C=O) groups excluding carboxylic acids is 2. The van der Waals surface area contributed by atoms with Crippen LogP contribution >= 0.6 is 11.3 Å². The Labute approximate surface area is 160 Å². The van der Waals surface area contributed by atoms with Crippen LogP contribution in [0.15, 0.2) is 23.6 Å². The van der Waals surface area contributed by atoms with Crippen molar-refractivity contribution < 1.29 is 24.2 Å². The predicted octanol–water partition coefficient (Wildman–Crippen LogP) is 2.69. The van der Waals surface area contributed by atoms with E-state index in [0.717, 1.165) is 5.56 Å². The molecule has 0 unspecified atom stereocenters. The van der Waals surface area contributed by atoms with E-state index in [1.54, 1.807) is 44.4 Å². The molecule has 9 heteroatoms. The molecule has 0 bridgehead atoms. The second-order valence-electron chi connectivity index (χ2n) is 6.17. The van der Waals surface area contributed by atoms with E-state index < -0.39 is 12.6 Å². The van der Waals surface area contributed by atoms with Crippen molar-refractivity contribution in [1.29, 1.82) is 0 Å². The number of carboxylic acid groups (broad SMARTS) is 1. The van der Waals surface area contributed by atoms with Crippen molar-refractivity contribution in [3.05, 3.63) is 34.8 Å². The van der Waals surface area contributed by atoms with Crippen molar-refractivity contribution in [1.82, 2.24) is 4.98 Å². The van der Waals surface area contributed by atoms with E-state index in [4.69, 9.17) is 9.84 Å². The normalized spacial score (nSPS) is 10.5. The smallest absolute Gasteiger partial charge is 0.341 e. The maximum absolute atomic E-state index is 12.2. The van der Waals surface area contributed by atoms with E-state index in [1.165, 1.54) is 11.3 Å². The van der Waals surface area contributed by atoms with E-state index in [-0.39, 0.29) is 24.2 Å². The van der Waals surface area contributed by atoms with E-state index in [9.17, 15) is 14.4 Å². The van der Waals surface area contributed by atoms with Gasteiger partial charge in [-0.15, -0.1) is 11.3 Å². The lowest BCUT2D eigenvalue weighted by Gasteiger charge is -2.10. The van der Waals surface area contributed by atoms with Crippen molar-refractivity contribution >= 4 is 39.9 Å². The summed E-state index contributed by atoms with van der Waals surface area (Å²) in [6.07, 6.45) is 0.0742. The average molecular weight is 391 g/mol. The predicted molar refractivity (Wildman–Crippen MR) is 102 cm³/mol. The number of nitrogens with zero attached hydrogens (tertiary/aromatic N) is 1. The zero-order valence-electron chi connectivity index (χ0n) is 15.2. The van der Waals surface area contributed by atoms with Crippen LogP contribution in [-0.2, 0) is 20.8 Å². The summed E-state index contributed by atoms with van der Waals surface area (Å²) < 4.78 is 5.10. The van der Waals surface area contributed by atoms with Crippen LogP contribution in [0.2, 0.25) is 0 Å². The maximum Gasteiger partial charge on any atom is 0.341 e. The van der Waals surface area contributed by atoms with Gasteiger partial charge in [0.1, 0.15) is 5.75 Å². The summed E-state index contributed by atoms with van der Waals surface area (Å²) in [4.78, 5) is 38.7. The number of aryl methyl sites for hydroxylation is 1. The molecular formula is C18H21N3O5S. The first-order chi connectivity index (χ1) is 12.7. The number of rotatable bonds is 8. The van der Waals surface area contributed by atoms with Crippen LogP contribution in [0.3, 0.4) is 0 Å². The van der Waals surface area contributed by atoms with Gasteiger partial charge in [-0.25, -0.2) is 9.78 Å². The van der Waals surface area contributed by atoms with Gasteiger partial charge in [-0.1, -0.05) is 13.8 Å². The van der Waals surface area contributed by atoms with Crippen LogP contribution in [-0.4, -0.2) is 34.5 Å². The van der Waals surface area contributed by atoms with Gasteiger partial charge in [-0.05, 0) is 30.7 Å². The molecule has 0 aliphatic carbocycles.